The Kier molecular flexibility index (Phi) is 9.19. The molecule has 0 saturated carbocycles. The summed E-state index contributed by atoms with van der Waals surface area (Å²) in [7, 11) is 1.74. The van der Waals surface area contributed by atoms with Crippen LogP contribution in [-0.4, -0.2) is 58.3 Å². The third kappa shape index (κ3) is 7.15. The van der Waals surface area contributed by atoms with Gasteiger partial charge in [-0.05, 0) is 69.5 Å². The van der Waals surface area contributed by atoms with Crippen LogP contribution >= 0.6 is 0 Å². The summed E-state index contributed by atoms with van der Waals surface area (Å²) in [5, 5.41) is 2.92. The van der Waals surface area contributed by atoms with Crippen molar-refractivity contribution in [3.05, 3.63) is 94.1 Å². The Balaban J connectivity index is 1.47. The summed E-state index contributed by atoms with van der Waals surface area (Å²) >= 11 is 0. The number of anilines is 2. The Hall–Kier alpha value is -4.77. The van der Waals surface area contributed by atoms with Gasteiger partial charge in [0.15, 0.2) is 0 Å². The lowest BCUT2D eigenvalue weighted by molar-refractivity contribution is -0.158. The number of hydrogen-bond acceptors (Lipinski definition) is 9. The van der Waals surface area contributed by atoms with Crippen molar-refractivity contribution in [3.8, 4) is 0 Å². The van der Waals surface area contributed by atoms with Crippen molar-refractivity contribution in [2.24, 2.45) is 0 Å². The van der Waals surface area contributed by atoms with E-state index in [1.165, 1.54) is 0 Å². The number of nitrogens with zero attached hydrogens (tertiary/aromatic N) is 4. The van der Waals surface area contributed by atoms with Crippen molar-refractivity contribution in [1.29, 1.82) is 0 Å². The minimum atomic E-state index is -1.45. The fourth-order valence-corrected chi connectivity index (χ4v) is 5.45. The highest BCUT2D eigenvalue weighted by Crippen LogP contribution is 2.37. The Morgan fingerprint density at radius 1 is 1.09 bits per heavy atom. The molecule has 1 unspecified atom stereocenters. The first-order valence-corrected chi connectivity index (χ1v) is 15.0. The van der Waals surface area contributed by atoms with E-state index < -0.39 is 23.0 Å². The summed E-state index contributed by atoms with van der Waals surface area (Å²) in [4.78, 5) is 52.5. The number of fused-ring (bicyclic) bond motifs is 1. The summed E-state index contributed by atoms with van der Waals surface area (Å²) in [6.45, 7) is 8.00. The van der Waals surface area contributed by atoms with Gasteiger partial charge in [-0.1, -0.05) is 36.4 Å². The number of amides is 2. The van der Waals surface area contributed by atoms with Gasteiger partial charge in [0.2, 0.25) is 5.72 Å². The highest BCUT2D eigenvalue weighted by atomic mass is 16.6. The fraction of sp³-hybridized carbons (Fsp3) is 0.382. The monoisotopic (exact) mass is 613 g/mol. The Labute approximate surface area is 262 Å². The summed E-state index contributed by atoms with van der Waals surface area (Å²) in [6, 6.07) is 18.6. The molecule has 1 aliphatic rings. The van der Waals surface area contributed by atoms with Crippen molar-refractivity contribution in [3.63, 3.8) is 0 Å². The number of carbonyl (C=O) groups is 2. The molecule has 11 heteroatoms. The third-order valence-electron chi connectivity index (χ3n) is 7.68. The topological polar surface area (TPSA) is 127 Å². The SMILES string of the molecule is Cc1c(NC(=O)OC(C)(C)C)ccc2nc(N3CCCC3(OCc3ccccc3)C(=O)N(C)CCc3ccccn3)oc(=O)c12. The molecule has 0 bridgehead atoms. The predicted molar refractivity (Wildman–Crippen MR) is 171 cm³/mol. The predicted octanol–water partition coefficient (Wildman–Crippen LogP) is 5.45. The first kappa shape index (κ1) is 31.6. The number of aromatic nitrogens is 2. The van der Waals surface area contributed by atoms with Crippen LogP contribution in [0.3, 0.4) is 0 Å². The number of ether oxygens (including phenoxy) is 2. The number of aryl methyl sites for hydroxylation is 1. The van der Waals surface area contributed by atoms with Gasteiger partial charge in [0.25, 0.3) is 5.91 Å². The lowest BCUT2D eigenvalue weighted by Gasteiger charge is -2.39. The molecule has 1 N–H and O–H groups in total. The first-order chi connectivity index (χ1) is 21.5. The van der Waals surface area contributed by atoms with E-state index in [1.54, 1.807) is 62.9 Å². The zero-order valence-electron chi connectivity index (χ0n) is 26.3. The minimum Gasteiger partial charge on any atom is -0.444 e. The Bertz CT molecular complexity index is 1720. The lowest BCUT2D eigenvalue weighted by Crippen LogP contribution is -2.58. The molecule has 1 atom stereocenters. The van der Waals surface area contributed by atoms with E-state index in [-0.39, 0.29) is 23.9 Å². The summed E-state index contributed by atoms with van der Waals surface area (Å²) in [5.74, 6) is -0.260. The quantitative estimate of drug-likeness (QED) is 0.262. The van der Waals surface area contributed by atoms with E-state index in [4.69, 9.17) is 18.9 Å². The molecule has 2 aromatic heterocycles. The van der Waals surface area contributed by atoms with Gasteiger partial charge < -0.3 is 18.8 Å². The molecule has 2 aromatic carbocycles. The molecule has 11 nitrogen and oxygen atoms in total. The average Bonchev–Trinajstić information content (AvgIpc) is 3.45. The first-order valence-electron chi connectivity index (χ1n) is 15.0. The lowest BCUT2D eigenvalue weighted by atomic mass is 10.1. The number of rotatable bonds is 9. The molecule has 4 aromatic rings. The Morgan fingerprint density at radius 3 is 2.56 bits per heavy atom. The zero-order valence-corrected chi connectivity index (χ0v) is 26.3. The molecular weight excluding hydrogens is 574 g/mol. The Morgan fingerprint density at radius 2 is 1.84 bits per heavy atom. The molecule has 0 aliphatic carbocycles. The van der Waals surface area contributed by atoms with Gasteiger partial charge in [-0.15, -0.1) is 0 Å². The normalized spacial score (nSPS) is 16.5. The number of nitrogens with one attached hydrogen (secondary N) is 1. The van der Waals surface area contributed by atoms with Gasteiger partial charge in [-0.3, -0.25) is 20.0 Å². The van der Waals surface area contributed by atoms with E-state index in [1.807, 2.05) is 48.5 Å². The summed E-state index contributed by atoms with van der Waals surface area (Å²) < 4.78 is 17.7. The third-order valence-corrected chi connectivity index (χ3v) is 7.68. The molecular formula is C34H39N5O6. The van der Waals surface area contributed by atoms with Gasteiger partial charge >= 0.3 is 17.7 Å². The van der Waals surface area contributed by atoms with Gasteiger partial charge in [0.1, 0.15) is 5.60 Å². The van der Waals surface area contributed by atoms with Crippen LogP contribution in [-0.2, 0) is 27.3 Å². The van der Waals surface area contributed by atoms with E-state index in [0.29, 0.717) is 49.1 Å². The second-order valence-electron chi connectivity index (χ2n) is 12.2. The molecule has 0 spiro atoms. The average molecular weight is 614 g/mol. The van der Waals surface area contributed by atoms with Crippen LogP contribution in [0.4, 0.5) is 16.5 Å². The maximum Gasteiger partial charge on any atom is 0.412 e. The molecule has 1 fully saturated rings. The van der Waals surface area contributed by atoms with Gasteiger partial charge in [0, 0.05) is 50.6 Å². The van der Waals surface area contributed by atoms with Crippen LogP contribution in [0.15, 0.2) is 76.1 Å². The largest absolute Gasteiger partial charge is 0.444 e. The van der Waals surface area contributed by atoms with Crippen LogP contribution in [0.25, 0.3) is 10.9 Å². The molecule has 1 aliphatic heterocycles. The van der Waals surface area contributed by atoms with Crippen LogP contribution < -0.4 is 15.8 Å². The number of pyridine rings is 1. The van der Waals surface area contributed by atoms with Crippen LogP contribution in [0, 0.1) is 6.92 Å². The van der Waals surface area contributed by atoms with Crippen molar-refractivity contribution in [2.75, 3.05) is 30.4 Å². The minimum absolute atomic E-state index is 0.00297. The highest BCUT2D eigenvalue weighted by Gasteiger charge is 2.52. The highest BCUT2D eigenvalue weighted by molar-refractivity contribution is 5.93. The zero-order chi connectivity index (χ0) is 32.2. The van der Waals surface area contributed by atoms with E-state index in [2.05, 4.69) is 10.3 Å². The van der Waals surface area contributed by atoms with Crippen LogP contribution in [0.5, 0.6) is 0 Å². The standard InChI is InChI=1S/C34H39N5O6/c1-23-26(37-32(42)45-33(2,3)4)15-16-27-28(23)29(40)44-31(36-27)39-20-11-18-34(39,43-22-24-12-7-6-8-13-24)30(41)38(5)21-17-25-14-9-10-19-35-25/h6-10,12-16,19H,11,17-18,20-22H2,1-5H3,(H,37,42). The molecule has 1 saturated heterocycles. The van der Waals surface area contributed by atoms with Crippen molar-refractivity contribution in [2.45, 2.75) is 64.9 Å². The van der Waals surface area contributed by atoms with Crippen molar-refractivity contribution < 1.29 is 23.5 Å². The van der Waals surface area contributed by atoms with Gasteiger partial charge in [0.05, 0.1) is 17.5 Å². The van der Waals surface area contributed by atoms with E-state index >= 15 is 0 Å². The van der Waals surface area contributed by atoms with Gasteiger partial charge in [-0.25, -0.2) is 9.59 Å². The van der Waals surface area contributed by atoms with Crippen molar-refractivity contribution in [1.82, 2.24) is 14.9 Å². The van der Waals surface area contributed by atoms with E-state index in [9.17, 15) is 14.4 Å². The molecule has 3 heterocycles. The smallest absolute Gasteiger partial charge is 0.412 e. The molecule has 0 radical (unpaired) electrons. The summed E-state index contributed by atoms with van der Waals surface area (Å²) in [5.41, 5.74) is 0.277. The number of carbonyl (C=O) groups excluding carboxylic acids is 2. The molecule has 5 rings (SSSR count). The molecule has 236 valence electrons. The van der Waals surface area contributed by atoms with Crippen LogP contribution in [0.2, 0.25) is 0 Å². The number of likely N-dealkylation sites (N-methyl/N-ethyl adjacent to an activating group) is 1. The van der Waals surface area contributed by atoms with E-state index in [0.717, 1.165) is 11.3 Å². The maximum absolute atomic E-state index is 14.3. The second-order valence-corrected chi connectivity index (χ2v) is 12.2. The van der Waals surface area contributed by atoms with Gasteiger partial charge in [-0.2, -0.15) is 4.98 Å². The van der Waals surface area contributed by atoms with Crippen molar-refractivity contribution >= 4 is 34.6 Å². The van der Waals surface area contributed by atoms with Crippen LogP contribution in [0.1, 0.15) is 50.4 Å². The maximum atomic E-state index is 14.3. The molecule has 45 heavy (non-hydrogen) atoms. The fourth-order valence-electron chi connectivity index (χ4n) is 5.45. The number of hydrogen-bond donors (Lipinski definition) is 1. The second kappa shape index (κ2) is 13.1. The molecule has 2 amide bonds. The summed E-state index contributed by atoms with van der Waals surface area (Å²) in [6.07, 6.45) is 2.66. The number of benzene rings is 2.